The lowest BCUT2D eigenvalue weighted by Gasteiger charge is -2.20. The molecule has 0 aliphatic heterocycles. The first-order chi connectivity index (χ1) is 8.40. The SMILES string of the molecule is CSCCN(C)c1ccc(C(F)(F)F)c(C#N)c1. The molecule has 0 amide bonds. The summed E-state index contributed by atoms with van der Waals surface area (Å²) in [6.07, 6.45) is -2.53. The van der Waals surface area contributed by atoms with Crippen LogP contribution in [0.4, 0.5) is 18.9 Å². The lowest BCUT2D eigenvalue weighted by molar-refractivity contribution is -0.137. The van der Waals surface area contributed by atoms with Crippen molar-refractivity contribution in [2.75, 3.05) is 30.5 Å². The highest BCUT2D eigenvalue weighted by atomic mass is 32.2. The molecule has 0 unspecified atom stereocenters. The standard InChI is InChI=1S/C12H13F3N2S/c1-17(5-6-18-2)10-3-4-11(12(13,14)15)9(7-10)8-16/h3-4,7H,5-6H2,1-2H3. The zero-order chi connectivity index (χ0) is 13.8. The van der Waals surface area contributed by atoms with Gasteiger partial charge in [0.25, 0.3) is 0 Å². The average molecular weight is 274 g/mol. The number of hydrogen-bond donors (Lipinski definition) is 0. The number of nitrogens with zero attached hydrogens (tertiary/aromatic N) is 2. The summed E-state index contributed by atoms with van der Waals surface area (Å²) in [5.74, 6) is 0.874. The van der Waals surface area contributed by atoms with Gasteiger partial charge in [0, 0.05) is 25.0 Å². The van der Waals surface area contributed by atoms with E-state index in [1.807, 2.05) is 11.2 Å². The van der Waals surface area contributed by atoms with Crippen LogP contribution in [0, 0.1) is 11.3 Å². The minimum Gasteiger partial charge on any atom is -0.374 e. The second kappa shape index (κ2) is 6.01. The monoisotopic (exact) mass is 274 g/mol. The van der Waals surface area contributed by atoms with Gasteiger partial charge in [0.15, 0.2) is 0 Å². The van der Waals surface area contributed by atoms with E-state index in [0.717, 1.165) is 18.4 Å². The molecule has 1 rings (SSSR count). The quantitative estimate of drug-likeness (QED) is 0.842. The molecule has 0 aromatic heterocycles. The Morgan fingerprint density at radius 1 is 1.39 bits per heavy atom. The van der Waals surface area contributed by atoms with Crippen LogP contribution < -0.4 is 4.90 Å². The van der Waals surface area contributed by atoms with Gasteiger partial charge in [-0.2, -0.15) is 30.2 Å². The third kappa shape index (κ3) is 3.57. The highest BCUT2D eigenvalue weighted by molar-refractivity contribution is 7.98. The summed E-state index contributed by atoms with van der Waals surface area (Å²) in [5, 5.41) is 8.79. The van der Waals surface area contributed by atoms with Crippen molar-refractivity contribution < 1.29 is 13.2 Å². The molecular formula is C12H13F3N2S. The molecule has 1 aromatic rings. The van der Waals surface area contributed by atoms with E-state index in [2.05, 4.69) is 0 Å². The zero-order valence-electron chi connectivity index (χ0n) is 10.1. The van der Waals surface area contributed by atoms with Crippen LogP contribution in [0.1, 0.15) is 11.1 Å². The summed E-state index contributed by atoms with van der Waals surface area (Å²) < 4.78 is 37.8. The van der Waals surface area contributed by atoms with Crippen molar-refractivity contribution in [1.82, 2.24) is 0 Å². The highest BCUT2D eigenvalue weighted by Crippen LogP contribution is 2.33. The van der Waals surface area contributed by atoms with Crippen molar-refractivity contribution >= 4 is 17.4 Å². The number of rotatable bonds is 4. The third-order valence-corrected chi connectivity index (χ3v) is 3.09. The molecule has 0 spiro atoms. The van der Waals surface area contributed by atoms with E-state index in [-0.39, 0.29) is 5.56 Å². The second-order valence-corrected chi connectivity index (χ2v) is 4.74. The number of alkyl halides is 3. The summed E-state index contributed by atoms with van der Waals surface area (Å²) in [7, 11) is 1.79. The minimum absolute atomic E-state index is 0.337. The first-order valence-corrected chi connectivity index (χ1v) is 6.61. The van der Waals surface area contributed by atoms with Gasteiger partial charge in [0.1, 0.15) is 0 Å². The molecule has 18 heavy (non-hydrogen) atoms. The Hall–Kier alpha value is -1.35. The fraction of sp³-hybridized carbons (Fsp3) is 0.417. The summed E-state index contributed by atoms with van der Waals surface area (Å²) in [6.45, 7) is 0.720. The van der Waals surface area contributed by atoms with Crippen LogP contribution in [0.25, 0.3) is 0 Å². The van der Waals surface area contributed by atoms with Gasteiger partial charge < -0.3 is 4.90 Å². The lowest BCUT2D eigenvalue weighted by atomic mass is 10.1. The van der Waals surface area contributed by atoms with E-state index in [4.69, 9.17) is 5.26 Å². The lowest BCUT2D eigenvalue weighted by Crippen LogP contribution is -2.20. The number of benzene rings is 1. The van der Waals surface area contributed by atoms with E-state index in [1.54, 1.807) is 24.9 Å². The van der Waals surface area contributed by atoms with Crippen LogP contribution in [0.5, 0.6) is 0 Å². The topological polar surface area (TPSA) is 27.0 Å². The van der Waals surface area contributed by atoms with Gasteiger partial charge in [0.05, 0.1) is 17.2 Å². The summed E-state index contributed by atoms with van der Waals surface area (Å²) in [4.78, 5) is 1.83. The predicted octanol–water partition coefficient (Wildman–Crippen LogP) is 3.38. The van der Waals surface area contributed by atoms with E-state index in [9.17, 15) is 13.2 Å². The maximum atomic E-state index is 12.6. The second-order valence-electron chi connectivity index (χ2n) is 3.75. The Bertz CT molecular complexity index is 452. The van der Waals surface area contributed by atoms with Crippen LogP contribution in [-0.2, 0) is 6.18 Å². The smallest absolute Gasteiger partial charge is 0.374 e. The molecule has 2 nitrogen and oxygen atoms in total. The largest absolute Gasteiger partial charge is 0.417 e. The summed E-state index contributed by atoms with van der Waals surface area (Å²) >= 11 is 1.66. The van der Waals surface area contributed by atoms with E-state index < -0.39 is 11.7 Å². The molecule has 0 fully saturated rings. The maximum Gasteiger partial charge on any atom is 0.417 e. The normalized spacial score (nSPS) is 11.1. The van der Waals surface area contributed by atoms with Crippen molar-refractivity contribution in [3.05, 3.63) is 29.3 Å². The van der Waals surface area contributed by atoms with Crippen LogP contribution in [0.15, 0.2) is 18.2 Å². The fourth-order valence-corrected chi connectivity index (χ4v) is 1.92. The number of hydrogen-bond acceptors (Lipinski definition) is 3. The van der Waals surface area contributed by atoms with Gasteiger partial charge in [-0.3, -0.25) is 0 Å². The highest BCUT2D eigenvalue weighted by Gasteiger charge is 2.33. The van der Waals surface area contributed by atoms with Gasteiger partial charge in [-0.25, -0.2) is 0 Å². The van der Waals surface area contributed by atoms with Crippen molar-refractivity contribution in [2.24, 2.45) is 0 Å². The van der Waals surface area contributed by atoms with E-state index in [0.29, 0.717) is 5.69 Å². The fourth-order valence-electron chi connectivity index (χ4n) is 1.47. The van der Waals surface area contributed by atoms with Crippen molar-refractivity contribution in [3.8, 4) is 6.07 Å². The molecule has 1 aromatic carbocycles. The summed E-state index contributed by atoms with van der Waals surface area (Å²) in [5.41, 5.74) is -0.600. The van der Waals surface area contributed by atoms with Crippen LogP contribution in [0.2, 0.25) is 0 Å². The molecule has 0 heterocycles. The molecule has 0 saturated heterocycles. The Labute approximate surface area is 108 Å². The van der Waals surface area contributed by atoms with Gasteiger partial charge >= 0.3 is 6.18 Å². The number of halogens is 3. The van der Waals surface area contributed by atoms with Gasteiger partial charge in [0.2, 0.25) is 0 Å². The molecule has 0 N–H and O–H groups in total. The molecule has 0 aliphatic carbocycles. The molecule has 6 heteroatoms. The third-order valence-electron chi connectivity index (χ3n) is 2.50. The van der Waals surface area contributed by atoms with Crippen LogP contribution in [-0.4, -0.2) is 25.6 Å². The molecule has 0 aliphatic rings. The Morgan fingerprint density at radius 3 is 2.56 bits per heavy atom. The maximum absolute atomic E-state index is 12.6. The number of anilines is 1. The molecule has 0 bridgehead atoms. The summed E-state index contributed by atoms with van der Waals surface area (Å²) in [6, 6.07) is 5.24. The minimum atomic E-state index is -4.48. The first kappa shape index (κ1) is 14.7. The number of nitriles is 1. The van der Waals surface area contributed by atoms with Crippen molar-refractivity contribution in [3.63, 3.8) is 0 Å². The first-order valence-electron chi connectivity index (χ1n) is 5.21. The Balaban J connectivity index is 3.03. The molecule has 0 atom stereocenters. The van der Waals surface area contributed by atoms with Crippen LogP contribution >= 0.6 is 11.8 Å². The van der Waals surface area contributed by atoms with Crippen LogP contribution in [0.3, 0.4) is 0 Å². The molecular weight excluding hydrogens is 261 g/mol. The zero-order valence-corrected chi connectivity index (χ0v) is 10.9. The van der Waals surface area contributed by atoms with Gasteiger partial charge in [-0.15, -0.1) is 0 Å². The Kier molecular flexibility index (Phi) is 4.91. The van der Waals surface area contributed by atoms with E-state index in [1.165, 1.54) is 12.1 Å². The predicted molar refractivity (Wildman–Crippen MR) is 67.8 cm³/mol. The Morgan fingerprint density at radius 2 is 2.06 bits per heavy atom. The van der Waals surface area contributed by atoms with Crippen molar-refractivity contribution in [1.29, 1.82) is 5.26 Å². The van der Waals surface area contributed by atoms with E-state index >= 15 is 0 Å². The molecule has 98 valence electrons. The molecule has 0 radical (unpaired) electrons. The average Bonchev–Trinajstić information content (AvgIpc) is 2.33. The van der Waals surface area contributed by atoms with Gasteiger partial charge in [-0.05, 0) is 24.5 Å². The van der Waals surface area contributed by atoms with Crippen molar-refractivity contribution in [2.45, 2.75) is 6.18 Å². The molecule has 0 saturated carbocycles. The number of thioether (sulfide) groups is 1. The van der Waals surface area contributed by atoms with Gasteiger partial charge in [-0.1, -0.05) is 0 Å².